The smallest absolute Gasteiger partial charge is 0.256 e. The Morgan fingerprint density at radius 3 is 2.70 bits per heavy atom. The molecule has 1 saturated carbocycles. The Morgan fingerprint density at radius 2 is 2.00 bits per heavy atom. The first kappa shape index (κ1) is 12.5. The Kier molecular flexibility index (Phi) is 2.57. The molecule has 2 saturated heterocycles. The van der Waals surface area contributed by atoms with Crippen LogP contribution in [0.1, 0.15) is 19.3 Å². The van der Waals surface area contributed by atoms with E-state index in [1.165, 1.54) is 4.90 Å². The molecule has 104 valence electrons. The maximum atomic E-state index is 12.7. The Balaban J connectivity index is 1.74. The normalized spacial score (nSPS) is 31.4. The van der Waals surface area contributed by atoms with Gasteiger partial charge in [0, 0.05) is 6.04 Å². The number of rotatable bonds is 1. The number of piperidine rings is 1. The van der Waals surface area contributed by atoms with E-state index in [0.717, 1.165) is 19.3 Å². The van der Waals surface area contributed by atoms with Crippen molar-refractivity contribution in [3.05, 3.63) is 28.2 Å². The van der Waals surface area contributed by atoms with Crippen LogP contribution in [0, 0.1) is 11.3 Å². The number of hydrogen-bond acceptors (Lipinski definition) is 2. The summed E-state index contributed by atoms with van der Waals surface area (Å²) in [5, 5.41) is 9.19. The first-order chi connectivity index (χ1) is 9.58. The molecule has 3 atom stereocenters. The summed E-state index contributed by atoms with van der Waals surface area (Å²) in [6.07, 6.45) is 3.24. The molecular formula is C14H13Cl2N3O. The quantitative estimate of drug-likeness (QED) is 0.866. The van der Waals surface area contributed by atoms with Crippen molar-refractivity contribution in [1.82, 2.24) is 4.90 Å². The van der Waals surface area contributed by atoms with E-state index >= 15 is 0 Å². The van der Waals surface area contributed by atoms with Crippen LogP contribution in [-0.2, 0) is 4.79 Å². The van der Waals surface area contributed by atoms with Crippen molar-refractivity contribution in [2.75, 3.05) is 4.90 Å². The standard InChI is InChI=1S/C14H13Cl2N3O/c15-10-4-3-9(6-11(10)16)19-13(20)12-7-1-2-8(5-7)18(12)14(19)17/h3-4,6-8,12,17H,1-2,5H2/t7-,8+,12+/m1/s1. The summed E-state index contributed by atoms with van der Waals surface area (Å²) in [6.45, 7) is 0. The third-order valence-electron chi connectivity index (χ3n) is 4.68. The fourth-order valence-corrected chi connectivity index (χ4v) is 4.13. The first-order valence-corrected chi connectivity index (χ1v) is 7.49. The van der Waals surface area contributed by atoms with Crippen LogP contribution in [0.2, 0.25) is 10.0 Å². The fraction of sp³-hybridized carbons (Fsp3) is 0.429. The largest absolute Gasteiger partial charge is 0.327 e. The Bertz CT molecular complexity index is 605. The van der Waals surface area contributed by atoms with Crippen LogP contribution in [0.25, 0.3) is 0 Å². The van der Waals surface area contributed by atoms with Gasteiger partial charge in [-0.25, -0.2) is 4.90 Å². The lowest BCUT2D eigenvalue weighted by Crippen LogP contribution is -2.40. The van der Waals surface area contributed by atoms with Gasteiger partial charge in [-0.1, -0.05) is 23.2 Å². The molecule has 1 aromatic rings. The van der Waals surface area contributed by atoms with Gasteiger partial charge in [0.25, 0.3) is 5.91 Å². The number of carbonyl (C=O) groups excluding carboxylic acids is 1. The lowest BCUT2D eigenvalue weighted by atomic mass is 9.99. The molecule has 2 heterocycles. The zero-order valence-electron chi connectivity index (χ0n) is 10.6. The molecule has 3 fully saturated rings. The van der Waals surface area contributed by atoms with E-state index in [0.29, 0.717) is 27.7 Å². The zero-order chi connectivity index (χ0) is 14.0. The summed E-state index contributed by atoms with van der Waals surface area (Å²) in [5.74, 6) is 0.687. The van der Waals surface area contributed by atoms with Crippen LogP contribution in [-0.4, -0.2) is 28.9 Å². The second kappa shape index (κ2) is 4.12. The number of guanidine groups is 1. The Labute approximate surface area is 126 Å². The van der Waals surface area contributed by atoms with Gasteiger partial charge in [0.05, 0.1) is 15.7 Å². The summed E-state index contributed by atoms with van der Waals surface area (Å²) < 4.78 is 0. The SMILES string of the molecule is N=C1N(c2ccc(Cl)c(Cl)c2)C(=O)[C@@H]2[C@@H]3CC[C@@H](C3)N12. The van der Waals surface area contributed by atoms with Crippen molar-refractivity contribution in [3.8, 4) is 0 Å². The average molecular weight is 310 g/mol. The zero-order valence-corrected chi connectivity index (χ0v) is 12.2. The molecule has 0 spiro atoms. The van der Waals surface area contributed by atoms with Gasteiger partial charge in [-0.2, -0.15) is 0 Å². The van der Waals surface area contributed by atoms with Gasteiger partial charge in [0.15, 0.2) is 0 Å². The second-order valence-corrected chi connectivity index (χ2v) is 6.49. The van der Waals surface area contributed by atoms with Crippen LogP contribution < -0.4 is 4.90 Å². The molecule has 3 aliphatic rings. The summed E-state index contributed by atoms with van der Waals surface area (Å²) >= 11 is 11.9. The molecule has 2 bridgehead atoms. The molecule has 4 rings (SSSR count). The number of nitrogens with one attached hydrogen (secondary N) is 1. The van der Waals surface area contributed by atoms with E-state index in [9.17, 15) is 4.79 Å². The highest BCUT2D eigenvalue weighted by Crippen LogP contribution is 2.47. The number of benzene rings is 1. The van der Waals surface area contributed by atoms with Crippen LogP contribution in [0.3, 0.4) is 0 Å². The van der Waals surface area contributed by atoms with Gasteiger partial charge in [-0.3, -0.25) is 10.2 Å². The van der Waals surface area contributed by atoms with Gasteiger partial charge in [0.2, 0.25) is 5.96 Å². The lowest BCUT2D eigenvalue weighted by molar-refractivity contribution is -0.120. The Hall–Kier alpha value is -1.26. The van der Waals surface area contributed by atoms with Crippen LogP contribution in [0.5, 0.6) is 0 Å². The van der Waals surface area contributed by atoms with Gasteiger partial charge in [0.1, 0.15) is 6.04 Å². The highest BCUT2D eigenvalue weighted by molar-refractivity contribution is 6.42. The maximum absolute atomic E-state index is 12.7. The van der Waals surface area contributed by atoms with Gasteiger partial charge >= 0.3 is 0 Å². The molecule has 0 unspecified atom stereocenters. The summed E-state index contributed by atoms with van der Waals surface area (Å²) in [4.78, 5) is 16.1. The highest BCUT2D eigenvalue weighted by Gasteiger charge is 2.57. The van der Waals surface area contributed by atoms with E-state index in [4.69, 9.17) is 28.6 Å². The van der Waals surface area contributed by atoms with Gasteiger partial charge in [-0.15, -0.1) is 0 Å². The predicted octanol–water partition coefficient (Wildman–Crippen LogP) is 3.13. The number of amides is 1. The van der Waals surface area contributed by atoms with Crippen molar-refractivity contribution >= 4 is 40.8 Å². The predicted molar refractivity (Wildman–Crippen MR) is 78.4 cm³/mol. The van der Waals surface area contributed by atoms with Gasteiger partial charge < -0.3 is 4.90 Å². The minimum Gasteiger partial charge on any atom is -0.327 e. The van der Waals surface area contributed by atoms with E-state index in [-0.39, 0.29) is 17.9 Å². The maximum Gasteiger partial charge on any atom is 0.256 e. The van der Waals surface area contributed by atoms with Crippen molar-refractivity contribution in [2.45, 2.75) is 31.3 Å². The van der Waals surface area contributed by atoms with Crippen molar-refractivity contribution in [3.63, 3.8) is 0 Å². The molecule has 1 aromatic carbocycles. The van der Waals surface area contributed by atoms with Gasteiger partial charge in [-0.05, 0) is 43.4 Å². The Morgan fingerprint density at radius 1 is 1.20 bits per heavy atom. The molecule has 0 radical (unpaired) electrons. The molecule has 1 N–H and O–H groups in total. The topological polar surface area (TPSA) is 47.4 Å². The van der Waals surface area contributed by atoms with E-state index in [1.807, 2.05) is 4.90 Å². The number of anilines is 1. The molecular weight excluding hydrogens is 297 g/mol. The average Bonchev–Trinajstić information content (AvgIpc) is 3.08. The number of hydrogen-bond donors (Lipinski definition) is 1. The third kappa shape index (κ3) is 1.49. The van der Waals surface area contributed by atoms with E-state index in [2.05, 4.69) is 0 Å². The summed E-state index contributed by atoms with van der Waals surface area (Å²) in [5.41, 5.74) is 0.628. The number of halogens is 2. The molecule has 1 amide bonds. The highest BCUT2D eigenvalue weighted by atomic mass is 35.5. The third-order valence-corrected chi connectivity index (χ3v) is 5.42. The molecule has 0 aromatic heterocycles. The lowest BCUT2D eigenvalue weighted by Gasteiger charge is -2.27. The molecule has 1 aliphatic carbocycles. The van der Waals surface area contributed by atoms with E-state index in [1.54, 1.807) is 18.2 Å². The molecule has 6 heteroatoms. The monoisotopic (exact) mass is 309 g/mol. The van der Waals surface area contributed by atoms with Crippen LogP contribution in [0.15, 0.2) is 18.2 Å². The van der Waals surface area contributed by atoms with Crippen molar-refractivity contribution < 1.29 is 4.79 Å². The van der Waals surface area contributed by atoms with Crippen molar-refractivity contribution in [2.24, 2.45) is 5.92 Å². The first-order valence-electron chi connectivity index (χ1n) is 6.74. The van der Waals surface area contributed by atoms with Crippen LogP contribution in [0.4, 0.5) is 5.69 Å². The number of fused-ring (bicyclic) bond motifs is 5. The fourth-order valence-electron chi connectivity index (χ4n) is 3.84. The van der Waals surface area contributed by atoms with E-state index < -0.39 is 0 Å². The molecule has 2 aliphatic heterocycles. The van der Waals surface area contributed by atoms with Crippen molar-refractivity contribution in [1.29, 1.82) is 5.41 Å². The minimum atomic E-state index is -0.143. The number of nitrogens with zero attached hydrogens (tertiary/aromatic N) is 2. The molecule has 4 nitrogen and oxygen atoms in total. The van der Waals surface area contributed by atoms with Crippen LogP contribution >= 0.6 is 23.2 Å². The second-order valence-electron chi connectivity index (χ2n) is 5.67. The molecule has 20 heavy (non-hydrogen) atoms. The number of carbonyl (C=O) groups is 1. The minimum absolute atomic E-state index is 0.000545. The summed E-state index contributed by atoms with van der Waals surface area (Å²) in [6, 6.07) is 5.27. The summed E-state index contributed by atoms with van der Waals surface area (Å²) in [7, 11) is 0.